The van der Waals surface area contributed by atoms with Gasteiger partial charge in [-0.25, -0.2) is 8.42 Å². The van der Waals surface area contributed by atoms with Crippen LogP contribution in [0.15, 0.2) is 23.1 Å². The van der Waals surface area contributed by atoms with Gasteiger partial charge in [-0.1, -0.05) is 13.0 Å². The third-order valence-corrected chi connectivity index (χ3v) is 3.80. The van der Waals surface area contributed by atoms with E-state index in [1.807, 2.05) is 0 Å². The van der Waals surface area contributed by atoms with Crippen molar-refractivity contribution in [3.05, 3.63) is 18.2 Å². The Labute approximate surface area is 116 Å². The lowest BCUT2D eigenvalue weighted by molar-refractivity contribution is -0.119. The van der Waals surface area contributed by atoms with Gasteiger partial charge in [-0.2, -0.15) is 13.2 Å². The van der Waals surface area contributed by atoms with Crippen LogP contribution in [0.2, 0.25) is 0 Å². The molecule has 0 fully saturated rings. The quantitative estimate of drug-likeness (QED) is 0.849. The normalized spacial score (nSPS) is 12.4. The van der Waals surface area contributed by atoms with Crippen LogP contribution in [-0.2, 0) is 9.84 Å². The zero-order valence-corrected chi connectivity index (χ0v) is 12.1. The summed E-state index contributed by atoms with van der Waals surface area (Å²) in [6, 6.07) is 4.07. The molecule has 0 spiro atoms. The standard InChI is InChI=1S/C12H17F3N2O2S/c1-3-7-17(8-12(13,14)15)9-5-4-6-10(11(9)16)20(2,18)19/h4-6H,3,7-8,16H2,1-2H3. The maximum Gasteiger partial charge on any atom is 0.405 e. The van der Waals surface area contributed by atoms with Crippen LogP contribution in [0, 0.1) is 0 Å². The Hall–Kier alpha value is -1.44. The zero-order valence-electron chi connectivity index (χ0n) is 11.2. The van der Waals surface area contributed by atoms with E-state index < -0.39 is 22.6 Å². The summed E-state index contributed by atoms with van der Waals surface area (Å²) in [5, 5.41) is 0. The fourth-order valence-electron chi connectivity index (χ4n) is 1.90. The number of hydrogen-bond acceptors (Lipinski definition) is 4. The van der Waals surface area contributed by atoms with Crippen LogP contribution in [0.4, 0.5) is 24.5 Å². The van der Waals surface area contributed by atoms with Gasteiger partial charge < -0.3 is 10.6 Å². The van der Waals surface area contributed by atoms with Gasteiger partial charge in [0.15, 0.2) is 9.84 Å². The zero-order chi connectivity index (χ0) is 15.6. The monoisotopic (exact) mass is 310 g/mol. The first-order valence-electron chi connectivity index (χ1n) is 5.96. The molecule has 0 bridgehead atoms. The fraction of sp³-hybridized carbons (Fsp3) is 0.500. The first-order valence-corrected chi connectivity index (χ1v) is 7.85. The van der Waals surface area contributed by atoms with E-state index in [-0.39, 0.29) is 22.8 Å². The van der Waals surface area contributed by atoms with Gasteiger partial charge in [0.05, 0.1) is 16.3 Å². The van der Waals surface area contributed by atoms with Crippen LogP contribution in [0.25, 0.3) is 0 Å². The van der Waals surface area contributed by atoms with E-state index in [2.05, 4.69) is 0 Å². The number of benzene rings is 1. The number of nitrogen functional groups attached to an aromatic ring is 1. The predicted molar refractivity (Wildman–Crippen MR) is 72.5 cm³/mol. The largest absolute Gasteiger partial charge is 0.405 e. The number of halogens is 3. The van der Waals surface area contributed by atoms with Gasteiger partial charge in [0, 0.05) is 12.8 Å². The van der Waals surface area contributed by atoms with Crippen LogP contribution < -0.4 is 10.6 Å². The molecule has 8 heteroatoms. The van der Waals surface area contributed by atoms with Crippen molar-refractivity contribution in [1.82, 2.24) is 0 Å². The molecule has 2 N–H and O–H groups in total. The average Bonchev–Trinajstić information content (AvgIpc) is 2.25. The molecule has 114 valence electrons. The Morgan fingerprint density at radius 2 is 1.90 bits per heavy atom. The SMILES string of the molecule is CCCN(CC(F)(F)F)c1cccc(S(C)(=O)=O)c1N. The van der Waals surface area contributed by atoms with Gasteiger partial charge in [-0.15, -0.1) is 0 Å². The summed E-state index contributed by atoms with van der Waals surface area (Å²) in [4.78, 5) is 0.891. The number of anilines is 2. The second-order valence-electron chi connectivity index (χ2n) is 4.50. The Bertz CT molecular complexity index is 571. The third-order valence-electron chi connectivity index (χ3n) is 2.65. The summed E-state index contributed by atoms with van der Waals surface area (Å²) < 4.78 is 60.8. The van der Waals surface area contributed by atoms with E-state index >= 15 is 0 Å². The fourth-order valence-corrected chi connectivity index (χ4v) is 2.73. The van der Waals surface area contributed by atoms with Gasteiger partial charge in [0.1, 0.15) is 6.54 Å². The lowest BCUT2D eigenvalue weighted by Gasteiger charge is -2.27. The highest BCUT2D eigenvalue weighted by Crippen LogP contribution is 2.31. The Balaban J connectivity index is 3.28. The molecule has 0 radical (unpaired) electrons. The highest BCUT2D eigenvalue weighted by molar-refractivity contribution is 7.90. The minimum atomic E-state index is -4.39. The van der Waals surface area contributed by atoms with Crippen LogP contribution in [0.1, 0.15) is 13.3 Å². The van der Waals surface area contributed by atoms with E-state index in [1.165, 1.54) is 18.2 Å². The van der Waals surface area contributed by atoms with E-state index in [0.29, 0.717) is 6.42 Å². The lowest BCUT2D eigenvalue weighted by Crippen LogP contribution is -2.35. The molecule has 0 amide bonds. The molecule has 0 aromatic heterocycles. The molecule has 0 aliphatic carbocycles. The topological polar surface area (TPSA) is 63.4 Å². The highest BCUT2D eigenvalue weighted by atomic mass is 32.2. The Kier molecular flexibility index (Phi) is 4.90. The van der Waals surface area contributed by atoms with E-state index in [0.717, 1.165) is 11.2 Å². The number of hydrogen-bond donors (Lipinski definition) is 1. The maximum absolute atomic E-state index is 12.6. The van der Waals surface area contributed by atoms with Gasteiger partial charge in [0.2, 0.25) is 0 Å². The third kappa shape index (κ3) is 4.29. The smallest absolute Gasteiger partial charge is 0.396 e. The Morgan fingerprint density at radius 1 is 1.30 bits per heavy atom. The molecule has 4 nitrogen and oxygen atoms in total. The van der Waals surface area contributed by atoms with Crippen LogP contribution in [0.5, 0.6) is 0 Å². The molecule has 1 rings (SSSR count). The minimum Gasteiger partial charge on any atom is -0.396 e. The first kappa shape index (κ1) is 16.6. The lowest BCUT2D eigenvalue weighted by atomic mass is 10.2. The molecule has 0 saturated carbocycles. The summed E-state index contributed by atoms with van der Waals surface area (Å²) in [6.45, 7) is 0.704. The molecule has 0 aliphatic heterocycles. The molecule has 20 heavy (non-hydrogen) atoms. The van der Waals surface area contributed by atoms with Crippen LogP contribution in [-0.4, -0.2) is 33.9 Å². The predicted octanol–water partition coefficient (Wildman–Crippen LogP) is 2.45. The summed E-state index contributed by atoms with van der Waals surface area (Å²) in [7, 11) is -3.58. The van der Waals surface area contributed by atoms with Gasteiger partial charge in [-0.3, -0.25) is 0 Å². The van der Waals surface area contributed by atoms with Crippen molar-refractivity contribution < 1.29 is 21.6 Å². The summed E-state index contributed by atoms with van der Waals surface area (Å²) >= 11 is 0. The number of alkyl halides is 3. The number of sulfone groups is 1. The molecular weight excluding hydrogens is 293 g/mol. The van der Waals surface area contributed by atoms with Crippen LogP contribution in [0.3, 0.4) is 0 Å². The number of nitrogens with two attached hydrogens (primary N) is 1. The van der Waals surface area contributed by atoms with Crippen LogP contribution >= 0.6 is 0 Å². The van der Waals surface area contributed by atoms with Crippen molar-refractivity contribution in [2.45, 2.75) is 24.4 Å². The van der Waals surface area contributed by atoms with Crippen molar-refractivity contribution in [3.63, 3.8) is 0 Å². The molecule has 0 saturated heterocycles. The van der Waals surface area contributed by atoms with E-state index in [9.17, 15) is 21.6 Å². The van der Waals surface area contributed by atoms with E-state index in [4.69, 9.17) is 5.73 Å². The molecule has 1 aromatic carbocycles. The average molecular weight is 310 g/mol. The van der Waals surface area contributed by atoms with Crippen molar-refractivity contribution in [3.8, 4) is 0 Å². The maximum atomic E-state index is 12.6. The van der Waals surface area contributed by atoms with E-state index in [1.54, 1.807) is 6.92 Å². The number of nitrogens with zero attached hydrogens (tertiary/aromatic N) is 1. The highest BCUT2D eigenvalue weighted by Gasteiger charge is 2.31. The molecular formula is C12H17F3N2O2S. The second-order valence-corrected chi connectivity index (χ2v) is 6.48. The van der Waals surface area contributed by atoms with Gasteiger partial charge in [-0.05, 0) is 18.6 Å². The van der Waals surface area contributed by atoms with Crippen molar-refractivity contribution in [2.24, 2.45) is 0 Å². The summed E-state index contributed by atoms with van der Waals surface area (Å²) in [6.07, 6.45) is -2.93. The van der Waals surface area contributed by atoms with Crippen molar-refractivity contribution in [2.75, 3.05) is 30.0 Å². The Morgan fingerprint density at radius 3 is 2.35 bits per heavy atom. The molecule has 0 atom stereocenters. The number of para-hydroxylation sites is 1. The molecule has 1 aromatic rings. The summed E-state index contributed by atoms with van der Waals surface area (Å²) in [5.74, 6) is 0. The van der Waals surface area contributed by atoms with Crippen molar-refractivity contribution >= 4 is 21.2 Å². The van der Waals surface area contributed by atoms with Gasteiger partial charge in [0.25, 0.3) is 0 Å². The molecule has 0 aliphatic rings. The first-order chi connectivity index (χ1) is 9.06. The molecule has 0 heterocycles. The van der Waals surface area contributed by atoms with Gasteiger partial charge >= 0.3 is 6.18 Å². The summed E-state index contributed by atoms with van der Waals surface area (Å²) in [5.41, 5.74) is 5.68. The number of rotatable bonds is 5. The van der Waals surface area contributed by atoms with Crippen molar-refractivity contribution in [1.29, 1.82) is 0 Å². The second kappa shape index (κ2) is 5.90. The molecule has 0 unspecified atom stereocenters. The minimum absolute atomic E-state index is 0.0899.